The average Bonchev–Trinajstić information content (AvgIpc) is 4.00. The molecule has 4 heterocycles. The lowest BCUT2D eigenvalue weighted by Crippen LogP contribution is -2.37. The molecule has 0 unspecified atom stereocenters. The van der Waals surface area contributed by atoms with Gasteiger partial charge in [0, 0.05) is 77.5 Å². The molecule has 0 bridgehead atoms. The molecule has 0 spiro atoms. The number of aromatic nitrogens is 2. The molecule has 9 aromatic carbocycles. The normalized spacial score (nSPS) is 14.8. The number of fused-ring (bicyclic) bond motifs is 12. The number of rotatable bonds is 6. The van der Waals surface area contributed by atoms with Crippen LogP contribution in [0.2, 0.25) is 0 Å². The topological polar surface area (TPSA) is 24.6 Å². The van der Waals surface area contributed by atoms with Gasteiger partial charge in [0.25, 0.3) is 0 Å². The van der Waals surface area contributed by atoms with Gasteiger partial charge in [-0.05, 0) is 125 Å². The molecule has 14 rings (SSSR count). The predicted molar refractivity (Wildman–Crippen MR) is 290 cm³/mol. The van der Waals surface area contributed by atoms with Crippen molar-refractivity contribution in [3.63, 3.8) is 0 Å². The first-order chi connectivity index (χ1) is 33.1. The summed E-state index contributed by atoms with van der Waals surface area (Å²) in [4.78, 5) is 2.42. The molecule has 5 heteroatoms. The molecule has 1 aliphatic heterocycles. The molecule has 3 aromatic heterocycles. The number of nitrogens with one attached hydrogen (secondary N) is 1. The zero-order valence-electron chi connectivity index (χ0n) is 39.2. The van der Waals surface area contributed by atoms with Crippen molar-refractivity contribution in [2.24, 2.45) is 0 Å². The zero-order valence-corrected chi connectivity index (χ0v) is 39.2. The van der Waals surface area contributed by atoms with Gasteiger partial charge in [0.1, 0.15) is 0 Å². The fraction of sp³-hybridized carbons (Fsp3) is 0.143. The van der Waals surface area contributed by atoms with Crippen LogP contribution < -0.4 is 21.1 Å². The highest BCUT2D eigenvalue weighted by atomic mass is 15.1. The van der Waals surface area contributed by atoms with E-state index in [9.17, 15) is 0 Å². The van der Waals surface area contributed by atoms with Gasteiger partial charge in [-0.25, -0.2) is 0 Å². The molecule has 4 nitrogen and oxygen atoms in total. The molecule has 1 N–H and O–H groups in total. The maximum atomic E-state index is 4.22. The Bertz CT molecular complexity index is 4000. The van der Waals surface area contributed by atoms with E-state index in [2.05, 4.69) is 243 Å². The maximum Gasteiger partial charge on any atom is 0.197 e. The number of benzene rings is 9. The molecule has 325 valence electrons. The van der Waals surface area contributed by atoms with Gasteiger partial charge in [-0.3, -0.25) is 0 Å². The Morgan fingerprint density at radius 2 is 1.04 bits per heavy atom. The van der Waals surface area contributed by atoms with Crippen LogP contribution in [0.15, 0.2) is 182 Å². The minimum absolute atomic E-state index is 0.0615. The standard InChI is InChI=1S/C63H50BN4/c1-38-32-50-51(63(4,5)31-30-62(50,2)3)36-53(38)65-54-37-57-48(46-25-16-24-44-42-22-12-14-28-55(42)67(57)60(44)46)35-47(54)49-33-41(66(39-18-8-6-9-19-39)40-20-10-7-11-21-40)34-58-59(49)64-52-27-17-26-45-43-23-13-15-29-56(43)68(58)61(45)52/h6-29,32-37,65H,30-31H2,1-5H3. The molecule has 68 heavy (non-hydrogen) atoms. The smallest absolute Gasteiger partial charge is 0.197 e. The predicted octanol–water partition coefficient (Wildman–Crippen LogP) is 15.4. The summed E-state index contributed by atoms with van der Waals surface area (Å²) in [6, 6.07) is 67.9. The van der Waals surface area contributed by atoms with Crippen LogP contribution in [0.1, 0.15) is 57.2 Å². The van der Waals surface area contributed by atoms with E-state index in [1.807, 2.05) is 0 Å². The fourth-order valence-corrected chi connectivity index (χ4v) is 12.3. The minimum Gasteiger partial charge on any atom is -0.355 e. The van der Waals surface area contributed by atoms with E-state index in [0.29, 0.717) is 0 Å². The van der Waals surface area contributed by atoms with Gasteiger partial charge in [0.2, 0.25) is 0 Å². The van der Waals surface area contributed by atoms with Crippen LogP contribution in [-0.2, 0) is 10.8 Å². The number of hydrogen-bond donors (Lipinski definition) is 1. The summed E-state index contributed by atoms with van der Waals surface area (Å²) in [5.41, 5.74) is 22.0. The second-order valence-electron chi connectivity index (χ2n) is 20.7. The van der Waals surface area contributed by atoms with Gasteiger partial charge >= 0.3 is 0 Å². The first-order valence-electron chi connectivity index (χ1n) is 24.2. The van der Waals surface area contributed by atoms with E-state index in [-0.39, 0.29) is 10.8 Å². The number of aryl methyl sites for hydroxylation is 1. The Morgan fingerprint density at radius 1 is 0.471 bits per heavy atom. The molecular weight excluding hydrogens is 824 g/mol. The van der Waals surface area contributed by atoms with Crippen molar-refractivity contribution < 1.29 is 0 Å². The molecule has 0 atom stereocenters. The van der Waals surface area contributed by atoms with Crippen molar-refractivity contribution in [3.8, 4) is 16.8 Å². The maximum absolute atomic E-state index is 4.22. The third-order valence-corrected chi connectivity index (χ3v) is 15.8. The summed E-state index contributed by atoms with van der Waals surface area (Å²) < 4.78 is 5.05. The van der Waals surface area contributed by atoms with Gasteiger partial charge in [-0.2, -0.15) is 0 Å². The van der Waals surface area contributed by atoms with Gasteiger partial charge < -0.3 is 19.2 Å². The lowest BCUT2D eigenvalue weighted by Gasteiger charge is -2.42. The van der Waals surface area contributed by atoms with E-state index in [0.717, 1.165) is 40.4 Å². The molecule has 0 saturated heterocycles. The van der Waals surface area contributed by atoms with E-state index < -0.39 is 0 Å². The molecular formula is C63H50BN4. The van der Waals surface area contributed by atoms with E-state index in [1.54, 1.807) is 0 Å². The number of nitrogens with zero attached hydrogens (tertiary/aromatic N) is 3. The van der Waals surface area contributed by atoms with Crippen LogP contribution in [0.25, 0.3) is 76.7 Å². The second-order valence-corrected chi connectivity index (χ2v) is 20.7. The van der Waals surface area contributed by atoms with Gasteiger partial charge in [0.05, 0.1) is 22.1 Å². The van der Waals surface area contributed by atoms with Gasteiger partial charge in [-0.15, -0.1) is 0 Å². The molecule has 1 aliphatic carbocycles. The first-order valence-corrected chi connectivity index (χ1v) is 24.2. The number of anilines is 5. The van der Waals surface area contributed by atoms with Crippen LogP contribution in [0.3, 0.4) is 0 Å². The van der Waals surface area contributed by atoms with Gasteiger partial charge in [0.15, 0.2) is 7.28 Å². The van der Waals surface area contributed by atoms with Crippen LogP contribution >= 0.6 is 0 Å². The largest absolute Gasteiger partial charge is 0.355 e. The third kappa shape index (κ3) is 5.56. The van der Waals surface area contributed by atoms with Crippen molar-refractivity contribution in [2.45, 2.75) is 58.3 Å². The first kappa shape index (κ1) is 39.4. The Hall–Kier alpha value is -7.76. The SMILES string of the molecule is Cc1cc2c(cc1Nc1cc3c(cc1-c1cc(N(c4ccccc4)c4ccccc4)cc4c1[B]c1cccc5c6ccccc6n-4c15)c1cccc4c5ccccc5n3c41)C(C)(C)CCC2(C)C. The molecule has 0 saturated carbocycles. The van der Waals surface area contributed by atoms with Crippen molar-refractivity contribution >= 4 is 107 Å². The Kier molecular flexibility index (Phi) is 8.19. The molecule has 12 aromatic rings. The number of para-hydroxylation sites is 6. The summed E-state index contributed by atoms with van der Waals surface area (Å²) in [5, 5.41) is 11.8. The Labute approximate surface area is 397 Å². The minimum atomic E-state index is 0.0615. The lowest BCUT2D eigenvalue weighted by molar-refractivity contribution is 0.332. The van der Waals surface area contributed by atoms with Crippen LogP contribution in [0.5, 0.6) is 0 Å². The Balaban J connectivity index is 1.11. The summed E-state index contributed by atoms with van der Waals surface area (Å²) in [5.74, 6) is 0. The van der Waals surface area contributed by atoms with Crippen LogP contribution in [0.4, 0.5) is 28.4 Å². The summed E-state index contributed by atoms with van der Waals surface area (Å²) in [6.07, 6.45) is 2.34. The van der Waals surface area contributed by atoms with E-state index in [1.165, 1.54) is 105 Å². The highest BCUT2D eigenvalue weighted by molar-refractivity contribution is 6.73. The highest BCUT2D eigenvalue weighted by Crippen LogP contribution is 2.50. The molecule has 1 radical (unpaired) electrons. The van der Waals surface area contributed by atoms with Crippen molar-refractivity contribution in [3.05, 3.63) is 199 Å². The van der Waals surface area contributed by atoms with Crippen molar-refractivity contribution in [1.82, 2.24) is 8.97 Å². The molecule has 0 fully saturated rings. The lowest BCUT2D eigenvalue weighted by atomic mass is 9.59. The van der Waals surface area contributed by atoms with Crippen LogP contribution in [-0.4, -0.2) is 16.2 Å². The second kappa shape index (κ2) is 14.1. The summed E-state index contributed by atoms with van der Waals surface area (Å²) in [7, 11) is 2.45. The van der Waals surface area contributed by atoms with Crippen molar-refractivity contribution in [2.75, 3.05) is 10.2 Å². The molecule has 2 aliphatic rings. The highest BCUT2D eigenvalue weighted by Gasteiger charge is 2.38. The van der Waals surface area contributed by atoms with Crippen LogP contribution in [0, 0.1) is 6.92 Å². The quantitative estimate of drug-likeness (QED) is 0.168. The van der Waals surface area contributed by atoms with E-state index in [4.69, 9.17) is 0 Å². The molecule has 0 amide bonds. The fourth-order valence-electron chi connectivity index (χ4n) is 12.3. The third-order valence-electron chi connectivity index (χ3n) is 15.8. The van der Waals surface area contributed by atoms with Gasteiger partial charge in [-0.1, -0.05) is 148 Å². The summed E-state index contributed by atoms with van der Waals surface area (Å²) in [6.45, 7) is 12.0. The monoisotopic (exact) mass is 873 g/mol. The average molecular weight is 874 g/mol. The summed E-state index contributed by atoms with van der Waals surface area (Å²) >= 11 is 0. The van der Waals surface area contributed by atoms with E-state index >= 15 is 0 Å². The zero-order chi connectivity index (χ0) is 45.6. The number of hydrogen-bond acceptors (Lipinski definition) is 2. The Morgan fingerprint density at radius 3 is 1.75 bits per heavy atom. The van der Waals surface area contributed by atoms with Crippen molar-refractivity contribution in [1.29, 1.82) is 0 Å².